The smallest absolute Gasteiger partial charge is 0.208 e. The first-order chi connectivity index (χ1) is 16.5. The highest BCUT2D eigenvalue weighted by Gasteiger charge is 2.31. The van der Waals surface area contributed by atoms with Crippen molar-refractivity contribution in [2.75, 3.05) is 26.4 Å². The second kappa shape index (κ2) is 9.40. The molecule has 2 atom stereocenters. The zero-order chi connectivity index (χ0) is 23.7. The number of epoxide rings is 2. The molecule has 0 spiro atoms. The van der Waals surface area contributed by atoms with Crippen molar-refractivity contribution in [1.82, 2.24) is 0 Å². The highest BCUT2D eigenvalue weighted by atomic mass is 19.2. The van der Waals surface area contributed by atoms with Crippen molar-refractivity contribution in [3.63, 3.8) is 0 Å². The van der Waals surface area contributed by atoms with E-state index in [1.165, 1.54) is 36.4 Å². The van der Waals surface area contributed by atoms with Crippen LogP contribution in [0.25, 0.3) is 0 Å². The molecule has 0 bridgehead atoms. The van der Waals surface area contributed by atoms with Gasteiger partial charge in [0, 0.05) is 0 Å². The summed E-state index contributed by atoms with van der Waals surface area (Å²) in [5.74, 6) is -9.60. The molecule has 178 valence electrons. The average molecular weight is 478 g/mol. The zero-order valence-electron chi connectivity index (χ0n) is 17.6. The highest BCUT2D eigenvalue weighted by molar-refractivity contribution is 5.48. The quantitative estimate of drug-likeness (QED) is 0.222. The molecule has 0 unspecified atom stereocenters. The lowest BCUT2D eigenvalue weighted by molar-refractivity contribution is 0.250. The van der Waals surface area contributed by atoms with Gasteiger partial charge in [-0.05, 0) is 24.3 Å². The fraction of sp³-hybridized carbons (Fsp3) is 0.250. The largest absolute Gasteiger partial charge is 0.487 e. The predicted octanol–water partition coefficient (Wildman–Crippen LogP) is 5.38. The number of hydrogen-bond donors (Lipinski definition) is 0. The van der Waals surface area contributed by atoms with Crippen LogP contribution in [-0.2, 0) is 9.47 Å². The second-order valence-electron chi connectivity index (χ2n) is 7.54. The minimum absolute atomic E-state index is 0.0866. The lowest BCUT2D eigenvalue weighted by Crippen LogP contribution is -2.07. The Morgan fingerprint density at radius 2 is 0.912 bits per heavy atom. The summed E-state index contributed by atoms with van der Waals surface area (Å²) in [5.41, 5.74) is 0. The standard InChI is InChI=1S/C24H18F4O6/c25-19-21(27)24(34-18-8-4-2-6-16(18)32-12-14-10-30-14)22(28)20(26)23(19)33-17-7-3-1-5-15(17)31-11-13-9-29-13/h1-8,13-14H,9-12H2/t13-,14-/m1/s1. The Morgan fingerprint density at radius 1 is 0.588 bits per heavy atom. The molecule has 0 N–H and O–H groups in total. The van der Waals surface area contributed by atoms with E-state index in [0.29, 0.717) is 13.2 Å². The van der Waals surface area contributed by atoms with E-state index >= 15 is 0 Å². The molecular formula is C24H18F4O6. The van der Waals surface area contributed by atoms with Crippen molar-refractivity contribution in [2.24, 2.45) is 0 Å². The number of ether oxygens (including phenoxy) is 6. The number of benzene rings is 3. The molecular weight excluding hydrogens is 460 g/mol. The minimum atomic E-state index is -1.76. The van der Waals surface area contributed by atoms with E-state index in [1.54, 1.807) is 12.1 Å². The van der Waals surface area contributed by atoms with Crippen molar-refractivity contribution in [1.29, 1.82) is 0 Å². The van der Waals surface area contributed by atoms with Crippen LogP contribution in [0.2, 0.25) is 0 Å². The molecule has 2 aliphatic rings. The third-order valence-electron chi connectivity index (χ3n) is 4.96. The molecule has 3 aromatic rings. The molecule has 2 aliphatic heterocycles. The number of para-hydroxylation sites is 4. The Kier molecular flexibility index (Phi) is 6.16. The van der Waals surface area contributed by atoms with Crippen LogP contribution >= 0.6 is 0 Å². The summed E-state index contributed by atoms with van der Waals surface area (Å²) < 4.78 is 90.7. The summed E-state index contributed by atoms with van der Waals surface area (Å²) in [6, 6.07) is 11.9. The van der Waals surface area contributed by atoms with E-state index < -0.39 is 34.8 Å². The summed E-state index contributed by atoms with van der Waals surface area (Å²) in [6.07, 6.45) is -0.173. The minimum Gasteiger partial charge on any atom is -0.487 e. The van der Waals surface area contributed by atoms with Gasteiger partial charge in [0.2, 0.25) is 34.8 Å². The van der Waals surface area contributed by atoms with Gasteiger partial charge in [0.1, 0.15) is 25.4 Å². The summed E-state index contributed by atoms with van der Waals surface area (Å²) in [4.78, 5) is 0. The lowest BCUT2D eigenvalue weighted by Gasteiger charge is -2.16. The molecule has 2 fully saturated rings. The predicted molar refractivity (Wildman–Crippen MR) is 110 cm³/mol. The molecule has 5 rings (SSSR count). The molecule has 2 heterocycles. The van der Waals surface area contributed by atoms with Gasteiger partial charge in [-0.3, -0.25) is 0 Å². The zero-order valence-corrected chi connectivity index (χ0v) is 17.6. The van der Waals surface area contributed by atoms with Gasteiger partial charge >= 0.3 is 0 Å². The number of rotatable bonds is 10. The van der Waals surface area contributed by atoms with Crippen LogP contribution in [0.3, 0.4) is 0 Å². The fourth-order valence-electron chi connectivity index (χ4n) is 2.99. The Morgan fingerprint density at radius 3 is 1.24 bits per heavy atom. The Labute approximate surface area is 191 Å². The normalized spacial score (nSPS) is 18.4. The molecule has 10 heteroatoms. The molecule has 34 heavy (non-hydrogen) atoms. The molecule has 0 aromatic heterocycles. The molecule has 0 aliphatic carbocycles. The van der Waals surface area contributed by atoms with Gasteiger partial charge in [0.25, 0.3) is 0 Å². The van der Waals surface area contributed by atoms with Crippen molar-refractivity contribution >= 4 is 0 Å². The van der Waals surface area contributed by atoms with Gasteiger partial charge in [-0.1, -0.05) is 24.3 Å². The van der Waals surface area contributed by atoms with Gasteiger partial charge in [0.15, 0.2) is 23.0 Å². The fourth-order valence-corrected chi connectivity index (χ4v) is 2.99. The first kappa shape index (κ1) is 22.3. The maximum absolute atomic E-state index is 14.8. The maximum atomic E-state index is 14.8. The summed E-state index contributed by atoms with van der Waals surface area (Å²) in [6.45, 7) is 1.45. The van der Waals surface area contributed by atoms with Crippen LogP contribution in [0.4, 0.5) is 17.6 Å². The first-order valence-electron chi connectivity index (χ1n) is 10.4. The first-order valence-corrected chi connectivity index (χ1v) is 10.4. The van der Waals surface area contributed by atoms with E-state index in [4.69, 9.17) is 28.4 Å². The van der Waals surface area contributed by atoms with Crippen LogP contribution in [-0.4, -0.2) is 38.6 Å². The molecule has 0 amide bonds. The molecule has 3 aromatic carbocycles. The Hall–Kier alpha value is -3.50. The molecule has 0 saturated carbocycles. The van der Waals surface area contributed by atoms with E-state index in [-0.39, 0.29) is 48.4 Å². The topological polar surface area (TPSA) is 62.0 Å². The van der Waals surface area contributed by atoms with Crippen LogP contribution in [0, 0.1) is 23.3 Å². The van der Waals surface area contributed by atoms with E-state index in [1.807, 2.05) is 0 Å². The van der Waals surface area contributed by atoms with Gasteiger partial charge in [-0.15, -0.1) is 0 Å². The van der Waals surface area contributed by atoms with Gasteiger partial charge in [-0.25, -0.2) is 0 Å². The third-order valence-corrected chi connectivity index (χ3v) is 4.96. The molecule has 6 nitrogen and oxygen atoms in total. The van der Waals surface area contributed by atoms with Gasteiger partial charge in [-0.2, -0.15) is 17.6 Å². The highest BCUT2D eigenvalue weighted by Crippen LogP contribution is 2.42. The molecule has 0 radical (unpaired) electrons. The second-order valence-corrected chi connectivity index (χ2v) is 7.54. The van der Waals surface area contributed by atoms with Gasteiger partial charge < -0.3 is 28.4 Å². The van der Waals surface area contributed by atoms with Crippen molar-refractivity contribution in [3.05, 3.63) is 71.8 Å². The van der Waals surface area contributed by atoms with E-state index in [2.05, 4.69) is 0 Å². The SMILES string of the molecule is Fc1c(F)c(Oc2ccccc2OC[C@H]2CO2)c(F)c(F)c1Oc1ccccc1OC[C@H]1CO1. The van der Waals surface area contributed by atoms with E-state index in [9.17, 15) is 17.6 Å². The van der Waals surface area contributed by atoms with Crippen molar-refractivity contribution in [2.45, 2.75) is 12.2 Å². The Bertz CT molecular complexity index is 1070. The molecule has 2 saturated heterocycles. The summed E-state index contributed by atoms with van der Waals surface area (Å²) >= 11 is 0. The van der Waals surface area contributed by atoms with E-state index in [0.717, 1.165) is 0 Å². The van der Waals surface area contributed by atoms with Gasteiger partial charge in [0.05, 0.1) is 13.2 Å². The number of hydrogen-bond acceptors (Lipinski definition) is 6. The number of halogens is 4. The van der Waals surface area contributed by atoms with Crippen LogP contribution < -0.4 is 18.9 Å². The van der Waals surface area contributed by atoms with Crippen LogP contribution in [0.15, 0.2) is 48.5 Å². The van der Waals surface area contributed by atoms with Crippen LogP contribution in [0.5, 0.6) is 34.5 Å². The lowest BCUT2D eigenvalue weighted by atomic mass is 10.2. The van der Waals surface area contributed by atoms with Crippen molar-refractivity contribution < 1.29 is 46.0 Å². The summed E-state index contributed by atoms with van der Waals surface area (Å²) in [7, 11) is 0. The monoisotopic (exact) mass is 478 g/mol. The Balaban J connectivity index is 1.41. The third kappa shape index (κ3) is 4.87. The average Bonchev–Trinajstić information content (AvgIpc) is 3.77. The van der Waals surface area contributed by atoms with Crippen LogP contribution in [0.1, 0.15) is 0 Å². The summed E-state index contributed by atoms with van der Waals surface area (Å²) in [5, 5.41) is 0. The maximum Gasteiger partial charge on any atom is 0.208 e. The van der Waals surface area contributed by atoms with Crippen molar-refractivity contribution in [3.8, 4) is 34.5 Å².